The molecule has 20 heavy (non-hydrogen) atoms. The topological polar surface area (TPSA) is 84.7 Å². The van der Waals surface area contributed by atoms with E-state index in [9.17, 15) is 4.79 Å². The first-order chi connectivity index (χ1) is 9.74. The summed E-state index contributed by atoms with van der Waals surface area (Å²) in [7, 11) is 0. The smallest absolute Gasteiger partial charge is 0.248 e. The highest BCUT2D eigenvalue weighted by molar-refractivity contribution is 5.94. The molecule has 0 unspecified atom stereocenters. The van der Waals surface area contributed by atoms with E-state index in [1.807, 2.05) is 30.3 Å². The van der Waals surface area contributed by atoms with Gasteiger partial charge in [0.1, 0.15) is 5.69 Å². The van der Waals surface area contributed by atoms with E-state index >= 15 is 0 Å². The molecule has 0 atom stereocenters. The van der Waals surface area contributed by atoms with Gasteiger partial charge in [0.15, 0.2) is 5.82 Å². The number of rotatable bonds is 3. The first kappa shape index (κ1) is 12.1. The van der Waals surface area contributed by atoms with Crippen molar-refractivity contribution < 1.29 is 4.79 Å². The van der Waals surface area contributed by atoms with Crippen molar-refractivity contribution in [3.05, 3.63) is 60.4 Å². The first-order valence-electron chi connectivity index (χ1n) is 6.11. The Morgan fingerprint density at radius 3 is 2.50 bits per heavy atom. The third kappa shape index (κ3) is 2.29. The number of aromatic nitrogens is 3. The molecular formula is C15H12N4O. The lowest BCUT2D eigenvalue weighted by Crippen LogP contribution is -2.11. The van der Waals surface area contributed by atoms with Gasteiger partial charge in [0, 0.05) is 23.5 Å². The maximum Gasteiger partial charge on any atom is 0.248 e. The van der Waals surface area contributed by atoms with E-state index in [1.54, 1.807) is 24.5 Å². The lowest BCUT2D eigenvalue weighted by Gasteiger charge is -2.06. The Morgan fingerprint density at radius 1 is 1.10 bits per heavy atom. The summed E-state index contributed by atoms with van der Waals surface area (Å²) < 4.78 is 0. The lowest BCUT2D eigenvalue weighted by atomic mass is 10.1. The molecule has 5 nitrogen and oxygen atoms in total. The summed E-state index contributed by atoms with van der Waals surface area (Å²) in [6.07, 6.45) is 3.34. The number of primary amides is 1. The summed E-state index contributed by atoms with van der Waals surface area (Å²) >= 11 is 0. The van der Waals surface area contributed by atoms with Crippen LogP contribution in [0.5, 0.6) is 0 Å². The third-order valence-corrected chi connectivity index (χ3v) is 2.92. The zero-order valence-corrected chi connectivity index (χ0v) is 10.6. The Bertz CT molecular complexity index is 736. The Morgan fingerprint density at radius 2 is 1.85 bits per heavy atom. The van der Waals surface area contributed by atoms with Crippen LogP contribution in [0.3, 0.4) is 0 Å². The minimum absolute atomic E-state index is 0.408. The minimum Gasteiger partial charge on any atom is -0.366 e. The summed E-state index contributed by atoms with van der Waals surface area (Å²) in [5.41, 5.74) is 7.99. The SMILES string of the molecule is NC(=O)c1cc(-c2ccccc2)nc(-c2ncc[nH]2)c1. The molecule has 2 aromatic heterocycles. The number of carbonyl (C=O) groups is 1. The maximum absolute atomic E-state index is 11.5. The monoisotopic (exact) mass is 264 g/mol. The number of hydrogen-bond donors (Lipinski definition) is 2. The van der Waals surface area contributed by atoms with Gasteiger partial charge in [-0.2, -0.15) is 0 Å². The van der Waals surface area contributed by atoms with Crippen LogP contribution in [0.1, 0.15) is 10.4 Å². The van der Waals surface area contributed by atoms with Crippen molar-refractivity contribution in [1.82, 2.24) is 15.0 Å². The number of amides is 1. The Labute approximate surface area is 115 Å². The number of aromatic amines is 1. The number of nitrogens with zero attached hydrogens (tertiary/aromatic N) is 2. The molecule has 98 valence electrons. The fourth-order valence-corrected chi connectivity index (χ4v) is 1.96. The quantitative estimate of drug-likeness (QED) is 0.760. The van der Waals surface area contributed by atoms with E-state index in [0.29, 0.717) is 22.8 Å². The zero-order chi connectivity index (χ0) is 13.9. The van der Waals surface area contributed by atoms with Gasteiger partial charge in [-0.3, -0.25) is 4.79 Å². The molecule has 0 radical (unpaired) electrons. The molecule has 1 amide bonds. The van der Waals surface area contributed by atoms with E-state index in [0.717, 1.165) is 5.56 Å². The second-order valence-electron chi connectivity index (χ2n) is 4.29. The number of hydrogen-bond acceptors (Lipinski definition) is 3. The molecule has 3 N–H and O–H groups in total. The first-order valence-corrected chi connectivity index (χ1v) is 6.11. The zero-order valence-electron chi connectivity index (χ0n) is 10.6. The highest BCUT2D eigenvalue weighted by atomic mass is 16.1. The molecule has 3 aromatic rings. The molecule has 2 heterocycles. The Balaban J connectivity index is 2.18. The number of nitrogens with one attached hydrogen (secondary N) is 1. The molecule has 0 aliphatic carbocycles. The highest BCUT2D eigenvalue weighted by Crippen LogP contribution is 2.22. The molecule has 0 saturated carbocycles. The predicted molar refractivity (Wildman–Crippen MR) is 75.8 cm³/mol. The summed E-state index contributed by atoms with van der Waals surface area (Å²) in [6.45, 7) is 0. The summed E-state index contributed by atoms with van der Waals surface area (Å²) in [5, 5.41) is 0. The fourth-order valence-electron chi connectivity index (χ4n) is 1.96. The van der Waals surface area contributed by atoms with Crippen LogP contribution in [0.4, 0.5) is 0 Å². The molecule has 0 aliphatic heterocycles. The van der Waals surface area contributed by atoms with E-state index in [4.69, 9.17) is 5.73 Å². The van der Waals surface area contributed by atoms with Gasteiger partial charge in [0.25, 0.3) is 0 Å². The molecule has 5 heteroatoms. The molecule has 0 aliphatic rings. The van der Waals surface area contributed by atoms with E-state index in [-0.39, 0.29) is 0 Å². The molecule has 0 bridgehead atoms. The molecule has 1 aromatic carbocycles. The average Bonchev–Trinajstić information content (AvgIpc) is 3.02. The van der Waals surface area contributed by atoms with Gasteiger partial charge in [-0.25, -0.2) is 9.97 Å². The van der Waals surface area contributed by atoms with Crippen LogP contribution in [0.2, 0.25) is 0 Å². The molecule has 0 spiro atoms. The molecule has 0 saturated heterocycles. The normalized spacial score (nSPS) is 10.4. The van der Waals surface area contributed by atoms with Crippen LogP contribution in [-0.4, -0.2) is 20.9 Å². The minimum atomic E-state index is -0.489. The van der Waals surface area contributed by atoms with E-state index in [2.05, 4.69) is 15.0 Å². The van der Waals surface area contributed by atoms with Gasteiger partial charge >= 0.3 is 0 Å². The number of pyridine rings is 1. The van der Waals surface area contributed by atoms with Gasteiger partial charge in [-0.1, -0.05) is 30.3 Å². The number of H-pyrrole nitrogens is 1. The van der Waals surface area contributed by atoms with Crippen molar-refractivity contribution >= 4 is 5.91 Å². The van der Waals surface area contributed by atoms with E-state index < -0.39 is 5.91 Å². The van der Waals surface area contributed by atoms with Gasteiger partial charge < -0.3 is 10.7 Å². The average molecular weight is 264 g/mol. The van der Waals surface area contributed by atoms with Crippen molar-refractivity contribution in [1.29, 1.82) is 0 Å². The Hall–Kier alpha value is -2.95. The van der Waals surface area contributed by atoms with Crippen LogP contribution in [0.25, 0.3) is 22.8 Å². The summed E-state index contributed by atoms with van der Waals surface area (Å²) in [5.74, 6) is 0.114. The van der Waals surface area contributed by atoms with Gasteiger partial charge in [0.05, 0.1) is 5.69 Å². The van der Waals surface area contributed by atoms with Gasteiger partial charge in [-0.15, -0.1) is 0 Å². The van der Waals surface area contributed by atoms with Crippen molar-refractivity contribution in [2.45, 2.75) is 0 Å². The van der Waals surface area contributed by atoms with Crippen LogP contribution in [-0.2, 0) is 0 Å². The van der Waals surface area contributed by atoms with Crippen LogP contribution in [0, 0.1) is 0 Å². The number of imidazole rings is 1. The van der Waals surface area contributed by atoms with Gasteiger partial charge in [0.2, 0.25) is 5.91 Å². The predicted octanol–water partition coefficient (Wildman–Crippen LogP) is 2.24. The van der Waals surface area contributed by atoms with Crippen LogP contribution >= 0.6 is 0 Å². The van der Waals surface area contributed by atoms with Crippen molar-refractivity contribution in [2.24, 2.45) is 5.73 Å². The second-order valence-corrected chi connectivity index (χ2v) is 4.29. The highest BCUT2D eigenvalue weighted by Gasteiger charge is 2.11. The second kappa shape index (κ2) is 4.97. The number of nitrogens with two attached hydrogens (primary N) is 1. The molecular weight excluding hydrogens is 252 g/mol. The van der Waals surface area contributed by atoms with E-state index in [1.165, 1.54) is 0 Å². The lowest BCUT2D eigenvalue weighted by molar-refractivity contribution is 0.100. The van der Waals surface area contributed by atoms with Crippen molar-refractivity contribution in [3.8, 4) is 22.8 Å². The summed E-state index contributed by atoms with van der Waals surface area (Å²) in [6, 6.07) is 12.9. The summed E-state index contributed by atoms with van der Waals surface area (Å²) in [4.78, 5) is 23.1. The third-order valence-electron chi connectivity index (χ3n) is 2.92. The number of benzene rings is 1. The molecule has 3 rings (SSSR count). The van der Waals surface area contributed by atoms with Crippen LogP contribution < -0.4 is 5.73 Å². The van der Waals surface area contributed by atoms with Crippen molar-refractivity contribution in [3.63, 3.8) is 0 Å². The standard InChI is InChI=1S/C15H12N4O/c16-14(20)11-8-12(10-4-2-1-3-5-10)19-13(9-11)15-17-6-7-18-15/h1-9H,(H2,16,20)(H,17,18). The van der Waals surface area contributed by atoms with Crippen LogP contribution in [0.15, 0.2) is 54.9 Å². The van der Waals surface area contributed by atoms with Gasteiger partial charge in [-0.05, 0) is 12.1 Å². The van der Waals surface area contributed by atoms with Crippen molar-refractivity contribution in [2.75, 3.05) is 0 Å². The molecule has 0 fully saturated rings. The number of carbonyl (C=O) groups excluding carboxylic acids is 1. The Kier molecular flexibility index (Phi) is 3.01. The largest absolute Gasteiger partial charge is 0.366 e. The maximum atomic E-state index is 11.5. The fraction of sp³-hybridized carbons (Fsp3) is 0.